The number of carbonyl (C=O) groups is 1. The number of benzene rings is 3. The second-order valence-corrected chi connectivity index (χ2v) is 9.86. The standard InChI is InChI=1S/C24H25ClN2O5S/c1-14-8-15(2)10-17(9-14)24(29)20-12-18(25)4-7-22(20)32-13-23(28)27-21-6-5-19(11-16(21)3)33(26,30)31/h4-12,24,29H,13H2,1-3H3,(H,27,28)(H2,26,30,31). The Labute approximate surface area is 198 Å². The third-order valence-electron chi connectivity index (χ3n) is 4.99. The summed E-state index contributed by atoms with van der Waals surface area (Å²) < 4.78 is 28.6. The smallest absolute Gasteiger partial charge is 0.262 e. The maximum absolute atomic E-state index is 12.5. The van der Waals surface area contributed by atoms with E-state index in [2.05, 4.69) is 5.32 Å². The number of nitrogens with two attached hydrogens (primary N) is 1. The largest absolute Gasteiger partial charge is 0.483 e. The van der Waals surface area contributed by atoms with E-state index in [4.69, 9.17) is 21.5 Å². The molecule has 1 amide bonds. The molecule has 4 N–H and O–H groups in total. The summed E-state index contributed by atoms with van der Waals surface area (Å²) >= 11 is 6.15. The normalized spacial score (nSPS) is 12.3. The number of aliphatic hydroxyl groups excluding tert-OH is 1. The Morgan fingerprint density at radius 1 is 1.06 bits per heavy atom. The zero-order valence-corrected chi connectivity index (χ0v) is 20.0. The molecular weight excluding hydrogens is 464 g/mol. The lowest BCUT2D eigenvalue weighted by Crippen LogP contribution is -2.21. The number of aryl methyl sites for hydroxylation is 3. The van der Waals surface area contributed by atoms with Gasteiger partial charge in [-0.1, -0.05) is 40.9 Å². The van der Waals surface area contributed by atoms with Crippen molar-refractivity contribution < 1.29 is 23.1 Å². The summed E-state index contributed by atoms with van der Waals surface area (Å²) in [4.78, 5) is 12.4. The van der Waals surface area contributed by atoms with Gasteiger partial charge in [0.15, 0.2) is 6.61 Å². The molecule has 33 heavy (non-hydrogen) atoms. The van der Waals surface area contributed by atoms with Crippen LogP contribution >= 0.6 is 11.6 Å². The van der Waals surface area contributed by atoms with E-state index in [0.29, 0.717) is 33.1 Å². The molecule has 9 heteroatoms. The van der Waals surface area contributed by atoms with Gasteiger partial charge in [0.1, 0.15) is 11.9 Å². The molecule has 3 aromatic rings. The van der Waals surface area contributed by atoms with Crippen LogP contribution in [0.25, 0.3) is 0 Å². The third-order valence-corrected chi connectivity index (χ3v) is 6.13. The highest BCUT2D eigenvalue weighted by atomic mass is 35.5. The lowest BCUT2D eigenvalue weighted by molar-refractivity contribution is -0.118. The van der Waals surface area contributed by atoms with Crippen molar-refractivity contribution in [2.24, 2.45) is 5.14 Å². The molecule has 0 heterocycles. The number of halogens is 1. The maximum atomic E-state index is 12.5. The molecule has 1 unspecified atom stereocenters. The minimum atomic E-state index is -3.83. The molecule has 1 atom stereocenters. The van der Waals surface area contributed by atoms with Crippen molar-refractivity contribution in [2.45, 2.75) is 31.8 Å². The predicted octanol–water partition coefficient (Wildman–Crippen LogP) is 4.01. The summed E-state index contributed by atoms with van der Waals surface area (Å²) in [5.74, 6) is -0.134. The summed E-state index contributed by atoms with van der Waals surface area (Å²) in [7, 11) is -3.83. The number of sulfonamides is 1. The fourth-order valence-electron chi connectivity index (χ4n) is 3.49. The Morgan fingerprint density at radius 2 is 1.73 bits per heavy atom. The number of carbonyl (C=O) groups excluding carboxylic acids is 1. The average molecular weight is 489 g/mol. The van der Waals surface area contributed by atoms with Gasteiger partial charge >= 0.3 is 0 Å². The first-order valence-corrected chi connectivity index (χ1v) is 12.0. The van der Waals surface area contributed by atoms with Crippen molar-refractivity contribution in [2.75, 3.05) is 11.9 Å². The van der Waals surface area contributed by atoms with Crippen molar-refractivity contribution in [3.8, 4) is 5.75 Å². The second-order valence-electron chi connectivity index (χ2n) is 7.86. The number of hydrogen-bond donors (Lipinski definition) is 3. The first-order valence-electron chi connectivity index (χ1n) is 10.1. The van der Waals surface area contributed by atoms with Crippen LogP contribution in [-0.2, 0) is 14.8 Å². The van der Waals surface area contributed by atoms with Gasteiger partial charge in [0.05, 0.1) is 4.90 Å². The van der Waals surface area contributed by atoms with E-state index in [-0.39, 0.29) is 11.5 Å². The van der Waals surface area contributed by atoms with Crippen LogP contribution in [0.1, 0.15) is 33.9 Å². The van der Waals surface area contributed by atoms with Gasteiger partial charge in [-0.05, 0) is 68.3 Å². The highest BCUT2D eigenvalue weighted by molar-refractivity contribution is 7.89. The molecule has 0 aliphatic heterocycles. The van der Waals surface area contributed by atoms with Crippen LogP contribution < -0.4 is 15.2 Å². The summed E-state index contributed by atoms with van der Waals surface area (Å²) in [6, 6.07) is 14.7. The molecule has 0 aliphatic rings. The number of amides is 1. The zero-order chi connectivity index (χ0) is 24.3. The monoisotopic (exact) mass is 488 g/mol. The van der Waals surface area contributed by atoms with Crippen LogP contribution in [0.5, 0.6) is 5.75 Å². The summed E-state index contributed by atoms with van der Waals surface area (Å²) in [5.41, 5.74) is 4.12. The molecule has 0 aliphatic carbocycles. The topological polar surface area (TPSA) is 119 Å². The molecule has 0 radical (unpaired) electrons. The minimum absolute atomic E-state index is 0.0413. The molecule has 0 aromatic heterocycles. The van der Waals surface area contributed by atoms with Gasteiger partial charge in [-0.15, -0.1) is 0 Å². The minimum Gasteiger partial charge on any atom is -0.483 e. The number of anilines is 1. The van der Waals surface area contributed by atoms with Crippen molar-refractivity contribution in [3.05, 3.63) is 87.4 Å². The SMILES string of the molecule is Cc1cc(C)cc(C(O)c2cc(Cl)ccc2OCC(=O)Nc2ccc(S(N)(=O)=O)cc2C)c1. The number of primary sulfonamides is 1. The predicted molar refractivity (Wildman–Crippen MR) is 128 cm³/mol. The molecule has 3 rings (SSSR count). The number of aliphatic hydroxyl groups is 1. The Morgan fingerprint density at radius 3 is 2.33 bits per heavy atom. The van der Waals surface area contributed by atoms with Crippen molar-refractivity contribution in [1.29, 1.82) is 0 Å². The maximum Gasteiger partial charge on any atom is 0.262 e. The van der Waals surface area contributed by atoms with Crippen LogP contribution in [0.3, 0.4) is 0 Å². The molecule has 0 bridgehead atoms. The fourth-order valence-corrected chi connectivity index (χ4v) is 4.27. The van der Waals surface area contributed by atoms with Gasteiger partial charge in [0, 0.05) is 16.3 Å². The molecule has 0 saturated carbocycles. The number of hydrogen-bond acceptors (Lipinski definition) is 5. The Balaban J connectivity index is 1.76. The van der Waals surface area contributed by atoms with Crippen LogP contribution in [0, 0.1) is 20.8 Å². The molecule has 174 valence electrons. The van der Waals surface area contributed by atoms with E-state index in [1.807, 2.05) is 32.0 Å². The Bertz CT molecular complexity index is 1290. The average Bonchev–Trinajstić information content (AvgIpc) is 2.72. The van der Waals surface area contributed by atoms with Gasteiger partial charge in [-0.3, -0.25) is 4.79 Å². The Kier molecular flexibility index (Phi) is 7.44. The third kappa shape index (κ3) is 6.33. The van der Waals surface area contributed by atoms with Gasteiger partial charge < -0.3 is 15.2 Å². The quantitative estimate of drug-likeness (QED) is 0.464. The summed E-state index contributed by atoms with van der Waals surface area (Å²) in [6.07, 6.45) is -0.992. The first-order chi connectivity index (χ1) is 15.4. The van der Waals surface area contributed by atoms with E-state index in [1.165, 1.54) is 18.2 Å². The first kappa shape index (κ1) is 24.7. The van der Waals surface area contributed by atoms with Crippen LogP contribution in [0.15, 0.2) is 59.5 Å². The number of nitrogens with one attached hydrogen (secondary N) is 1. The Hall–Kier alpha value is -2.91. The second kappa shape index (κ2) is 9.93. The lowest BCUT2D eigenvalue weighted by Gasteiger charge is -2.18. The van der Waals surface area contributed by atoms with E-state index in [9.17, 15) is 18.3 Å². The van der Waals surface area contributed by atoms with Crippen LogP contribution in [-0.4, -0.2) is 26.0 Å². The van der Waals surface area contributed by atoms with Gasteiger partial charge in [-0.2, -0.15) is 0 Å². The van der Waals surface area contributed by atoms with Crippen LogP contribution in [0.2, 0.25) is 5.02 Å². The van der Waals surface area contributed by atoms with E-state index in [1.54, 1.807) is 25.1 Å². The molecule has 0 spiro atoms. The van der Waals surface area contributed by atoms with E-state index in [0.717, 1.165) is 11.1 Å². The summed E-state index contributed by atoms with van der Waals surface area (Å²) in [5, 5.41) is 19.2. The highest BCUT2D eigenvalue weighted by Crippen LogP contribution is 2.33. The van der Waals surface area contributed by atoms with Crippen LogP contribution in [0.4, 0.5) is 5.69 Å². The molecular formula is C24H25ClN2O5S. The van der Waals surface area contributed by atoms with Crippen molar-refractivity contribution in [3.63, 3.8) is 0 Å². The van der Waals surface area contributed by atoms with Gasteiger partial charge in [0.2, 0.25) is 10.0 Å². The van der Waals surface area contributed by atoms with Gasteiger partial charge in [-0.25, -0.2) is 13.6 Å². The fraction of sp³-hybridized carbons (Fsp3) is 0.208. The zero-order valence-electron chi connectivity index (χ0n) is 18.4. The molecule has 7 nitrogen and oxygen atoms in total. The molecule has 3 aromatic carbocycles. The summed E-state index contributed by atoms with van der Waals surface area (Å²) in [6.45, 7) is 5.22. The van der Waals surface area contributed by atoms with Crippen molar-refractivity contribution >= 4 is 33.2 Å². The lowest BCUT2D eigenvalue weighted by atomic mass is 9.97. The molecule has 0 saturated heterocycles. The van der Waals surface area contributed by atoms with Gasteiger partial charge in [0.25, 0.3) is 5.91 Å². The number of rotatable bonds is 7. The van der Waals surface area contributed by atoms with Crippen molar-refractivity contribution in [1.82, 2.24) is 0 Å². The molecule has 0 fully saturated rings. The van der Waals surface area contributed by atoms with E-state index < -0.39 is 22.0 Å². The van der Waals surface area contributed by atoms with E-state index >= 15 is 0 Å². The number of ether oxygens (including phenoxy) is 1. The highest BCUT2D eigenvalue weighted by Gasteiger charge is 2.18.